The molecule has 0 aromatic heterocycles. The summed E-state index contributed by atoms with van der Waals surface area (Å²) in [7, 11) is 0. The van der Waals surface area contributed by atoms with Crippen LogP contribution in [0.2, 0.25) is 0 Å². The molecule has 1 heterocycles. The number of rotatable bonds is 0. The summed E-state index contributed by atoms with van der Waals surface area (Å²) in [6.45, 7) is 0. The first-order valence-corrected chi connectivity index (χ1v) is 13.8. The molecule has 1 nitrogen and oxygen atoms in total. The second-order valence-electron chi connectivity index (χ2n) is 10.3. The second-order valence-corrected chi connectivity index (χ2v) is 11.8. The van der Waals surface area contributed by atoms with E-state index in [0.29, 0.717) is 0 Å². The van der Waals surface area contributed by atoms with Crippen LogP contribution in [0, 0.1) is 11.8 Å². The molecular formula is C25H45NS. The Morgan fingerprint density at radius 3 is 1.89 bits per heavy atom. The quantitative estimate of drug-likeness (QED) is 0.459. The summed E-state index contributed by atoms with van der Waals surface area (Å²) in [6, 6.07) is 1.64. The molecule has 0 radical (unpaired) electrons. The Bertz CT molecular complexity index is 425. The van der Waals surface area contributed by atoms with Gasteiger partial charge in [-0.15, -0.1) is 0 Å². The highest BCUT2D eigenvalue weighted by Gasteiger charge is 2.47. The van der Waals surface area contributed by atoms with E-state index in [1.807, 2.05) is 0 Å². The van der Waals surface area contributed by atoms with E-state index in [2.05, 4.69) is 17.1 Å². The van der Waals surface area contributed by atoms with Crippen LogP contribution in [0.3, 0.4) is 0 Å². The second kappa shape index (κ2) is 10.9. The Morgan fingerprint density at radius 1 is 0.556 bits per heavy atom. The van der Waals surface area contributed by atoms with Gasteiger partial charge in [-0.3, -0.25) is 0 Å². The molecule has 6 atom stereocenters. The van der Waals surface area contributed by atoms with E-state index in [4.69, 9.17) is 0 Å². The average Bonchev–Trinajstić information content (AvgIpc) is 3.43. The highest BCUT2D eigenvalue weighted by molar-refractivity contribution is 8.00. The van der Waals surface area contributed by atoms with Gasteiger partial charge in [-0.25, -0.2) is 0 Å². The summed E-state index contributed by atoms with van der Waals surface area (Å²) >= 11 is 2.48. The first-order chi connectivity index (χ1) is 13.4. The lowest BCUT2D eigenvalue weighted by Gasteiger charge is -2.29. The Morgan fingerprint density at radius 2 is 1.15 bits per heavy atom. The molecule has 3 saturated carbocycles. The van der Waals surface area contributed by atoms with E-state index < -0.39 is 0 Å². The number of fused-ring (bicyclic) bond motifs is 5. The van der Waals surface area contributed by atoms with Crippen LogP contribution in [0.1, 0.15) is 122 Å². The van der Waals surface area contributed by atoms with Gasteiger partial charge in [0.05, 0.1) is 0 Å². The van der Waals surface area contributed by atoms with Crippen molar-refractivity contribution in [3.63, 3.8) is 0 Å². The zero-order valence-electron chi connectivity index (χ0n) is 17.8. The molecule has 3 aliphatic carbocycles. The number of thioether (sulfide) groups is 1. The van der Waals surface area contributed by atoms with Crippen molar-refractivity contribution < 1.29 is 0 Å². The summed E-state index contributed by atoms with van der Waals surface area (Å²) in [5.41, 5.74) is 0. The first-order valence-electron chi connectivity index (χ1n) is 12.8. The van der Waals surface area contributed by atoms with Crippen LogP contribution >= 0.6 is 11.8 Å². The van der Waals surface area contributed by atoms with Crippen LogP contribution in [0.4, 0.5) is 0 Å². The molecule has 1 aliphatic heterocycles. The Hall–Kier alpha value is 0.310. The minimum Gasteiger partial charge on any atom is -0.310 e. The minimum atomic E-state index is 0.821. The zero-order valence-corrected chi connectivity index (χ0v) is 18.6. The SMILES string of the molecule is C1CCCCC2CC(CCCC1)SC1C(CCCCCCCCC3CC31)N2. The molecule has 2 heteroatoms. The van der Waals surface area contributed by atoms with Crippen molar-refractivity contribution in [1.29, 1.82) is 0 Å². The van der Waals surface area contributed by atoms with Crippen molar-refractivity contribution in [2.45, 2.75) is 145 Å². The van der Waals surface area contributed by atoms with Crippen molar-refractivity contribution in [2.75, 3.05) is 0 Å². The third-order valence-corrected chi connectivity index (χ3v) is 9.87. The molecule has 0 aromatic carbocycles. The van der Waals surface area contributed by atoms with Gasteiger partial charge in [0.25, 0.3) is 0 Å². The third-order valence-electron chi connectivity index (χ3n) is 8.06. The number of hydrogen-bond acceptors (Lipinski definition) is 2. The van der Waals surface area contributed by atoms with Gasteiger partial charge in [-0.1, -0.05) is 89.9 Å². The molecule has 1 N–H and O–H groups in total. The van der Waals surface area contributed by atoms with Crippen LogP contribution in [-0.4, -0.2) is 22.6 Å². The summed E-state index contributed by atoms with van der Waals surface area (Å²) in [5, 5.41) is 6.18. The van der Waals surface area contributed by atoms with E-state index >= 15 is 0 Å². The van der Waals surface area contributed by atoms with Gasteiger partial charge in [0, 0.05) is 22.6 Å². The van der Waals surface area contributed by atoms with Gasteiger partial charge in [-0.05, 0) is 43.9 Å². The lowest BCUT2D eigenvalue weighted by Crippen LogP contribution is -2.43. The molecule has 0 amide bonds. The fourth-order valence-corrected chi connectivity index (χ4v) is 8.35. The van der Waals surface area contributed by atoms with E-state index in [1.54, 1.807) is 12.8 Å². The third kappa shape index (κ3) is 6.39. The maximum Gasteiger partial charge on any atom is 0.0235 e. The van der Waals surface area contributed by atoms with Crippen LogP contribution in [0.25, 0.3) is 0 Å². The van der Waals surface area contributed by atoms with E-state index in [1.165, 1.54) is 109 Å². The lowest BCUT2D eigenvalue weighted by atomic mass is 9.94. The Kier molecular flexibility index (Phi) is 8.31. The largest absolute Gasteiger partial charge is 0.310 e. The fraction of sp³-hybridized carbons (Fsp3) is 1.00. The van der Waals surface area contributed by atoms with Gasteiger partial charge >= 0.3 is 0 Å². The predicted molar refractivity (Wildman–Crippen MR) is 121 cm³/mol. The molecule has 2 bridgehead atoms. The van der Waals surface area contributed by atoms with Crippen LogP contribution in [0.15, 0.2) is 0 Å². The van der Waals surface area contributed by atoms with Crippen LogP contribution in [-0.2, 0) is 0 Å². The molecule has 4 fully saturated rings. The van der Waals surface area contributed by atoms with Gasteiger partial charge < -0.3 is 5.32 Å². The van der Waals surface area contributed by atoms with Crippen molar-refractivity contribution in [2.24, 2.45) is 11.8 Å². The standard InChI is InChI=1S/C25H45NS/c1-2-7-11-15-21-19-22(16-12-8-3-1)27-25-23-18-20(23)14-10-6-4-5-9-13-17-24(25)26-21/h20-26H,1-19H2. The molecule has 4 aliphatic rings. The average molecular weight is 392 g/mol. The topological polar surface area (TPSA) is 12.0 Å². The van der Waals surface area contributed by atoms with Crippen molar-refractivity contribution in [3.8, 4) is 0 Å². The van der Waals surface area contributed by atoms with E-state index in [-0.39, 0.29) is 0 Å². The molecular weight excluding hydrogens is 346 g/mol. The number of nitrogens with one attached hydrogen (secondary N) is 1. The summed E-state index contributed by atoms with van der Waals surface area (Å²) in [5.74, 6) is 2.15. The van der Waals surface area contributed by atoms with Crippen molar-refractivity contribution in [3.05, 3.63) is 0 Å². The molecule has 156 valence electrons. The van der Waals surface area contributed by atoms with Gasteiger partial charge in [0.2, 0.25) is 0 Å². The van der Waals surface area contributed by atoms with Gasteiger partial charge in [0.1, 0.15) is 0 Å². The van der Waals surface area contributed by atoms with Crippen LogP contribution < -0.4 is 5.32 Å². The normalized spacial score (nSPS) is 42.7. The van der Waals surface area contributed by atoms with Gasteiger partial charge in [-0.2, -0.15) is 11.8 Å². The molecule has 0 spiro atoms. The van der Waals surface area contributed by atoms with Gasteiger partial charge in [0.15, 0.2) is 0 Å². The van der Waals surface area contributed by atoms with Crippen LogP contribution in [0.5, 0.6) is 0 Å². The molecule has 6 unspecified atom stereocenters. The zero-order chi connectivity index (χ0) is 18.3. The highest BCUT2D eigenvalue weighted by Crippen LogP contribution is 2.52. The monoisotopic (exact) mass is 391 g/mol. The smallest absolute Gasteiger partial charge is 0.0235 e. The first kappa shape index (κ1) is 20.6. The summed E-state index contributed by atoms with van der Waals surface area (Å²) in [4.78, 5) is 0. The predicted octanol–water partition coefficient (Wildman–Crippen LogP) is 7.48. The summed E-state index contributed by atoms with van der Waals surface area (Å²) < 4.78 is 0. The Labute approximate surface area is 173 Å². The molecule has 0 aromatic rings. The van der Waals surface area contributed by atoms with E-state index in [0.717, 1.165) is 34.4 Å². The maximum atomic E-state index is 4.29. The lowest BCUT2D eigenvalue weighted by molar-refractivity contribution is 0.339. The molecule has 4 rings (SSSR count). The Balaban J connectivity index is 1.44. The molecule has 27 heavy (non-hydrogen) atoms. The summed E-state index contributed by atoms with van der Waals surface area (Å²) in [6.07, 6.45) is 28.4. The molecule has 1 saturated heterocycles. The van der Waals surface area contributed by atoms with Crippen molar-refractivity contribution in [1.82, 2.24) is 5.32 Å². The number of hydrogen-bond donors (Lipinski definition) is 1. The highest BCUT2D eigenvalue weighted by atomic mass is 32.2. The minimum absolute atomic E-state index is 0.821. The fourth-order valence-electron chi connectivity index (χ4n) is 6.32. The van der Waals surface area contributed by atoms with Crippen molar-refractivity contribution >= 4 is 11.8 Å². The van der Waals surface area contributed by atoms with E-state index in [9.17, 15) is 0 Å². The maximum absolute atomic E-state index is 4.29.